The number of rotatable bonds is 0. The summed E-state index contributed by atoms with van der Waals surface area (Å²) in [6.45, 7) is 11.5. The fourth-order valence-corrected chi connectivity index (χ4v) is 4.17. The van der Waals surface area contributed by atoms with E-state index in [0.29, 0.717) is 12.5 Å². The molecule has 3 atom stereocenters. The average Bonchev–Trinajstić information content (AvgIpc) is 2.84. The standard InChI is InChI=1S/C16H25NO2/c1-11-6-7-16(8-11)10-15(5)17(13(16)18)12(9-19-15)14(2,3)4/h6,12H,7-10H2,1-5H3/t12-,15+,16+/m0/s1. The van der Waals surface area contributed by atoms with Crippen LogP contribution < -0.4 is 0 Å². The number of amides is 1. The van der Waals surface area contributed by atoms with Gasteiger partial charge in [0.1, 0.15) is 5.72 Å². The van der Waals surface area contributed by atoms with Crippen LogP contribution in [0.3, 0.4) is 0 Å². The summed E-state index contributed by atoms with van der Waals surface area (Å²) in [7, 11) is 0. The molecule has 1 aliphatic carbocycles. The van der Waals surface area contributed by atoms with Crippen molar-refractivity contribution in [1.82, 2.24) is 4.90 Å². The van der Waals surface area contributed by atoms with Crippen LogP contribution in [0.15, 0.2) is 11.6 Å². The van der Waals surface area contributed by atoms with Crippen LogP contribution in [0.4, 0.5) is 0 Å². The number of allylic oxidation sites excluding steroid dienone is 2. The van der Waals surface area contributed by atoms with E-state index in [2.05, 4.69) is 45.6 Å². The second kappa shape index (κ2) is 3.63. The van der Waals surface area contributed by atoms with Gasteiger partial charge in [0, 0.05) is 6.42 Å². The Hall–Kier alpha value is -0.830. The highest BCUT2D eigenvalue weighted by atomic mass is 16.5. The number of hydrogen-bond acceptors (Lipinski definition) is 2. The highest BCUT2D eigenvalue weighted by Crippen LogP contribution is 2.56. The lowest BCUT2D eigenvalue weighted by molar-refractivity contribution is -0.143. The summed E-state index contributed by atoms with van der Waals surface area (Å²) >= 11 is 0. The number of carbonyl (C=O) groups excluding carboxylic acids is 1. The van der Waals surface area contributed by atoms with Crippen LogP contribution in [0, 0.1) is 10.8 Å². The Morgan fingerprint density at radius 2 is 2.11 bits per heavy atom. The van der Waals surface area contributed by atoms with Crippen LogP contribution in [0.25, 0.3) is 0 Å². The summed E-state index contributed by atoms with van der Waals surface area (Å²) in [6, 6.07) is 0.199. The lowest BCUT2D eigenvalue weighted by Crippen LogP contribution is -2.49. The minimum atomic E-state index is -0.381. The quantitative estimate of drug-likeness (QED) is 0.628. The van der Waals surface area contributed by atoms with Crippen molar-refractivity contribution in [2.24, 2.45) is 10.8 Å². The number of hydrogen-bond donors (Lipinski definition) is 0. The summed E-state index contributed by atoms with van der Waals surface area (Å²) < 4.78 is 6.08. The smallest absolute Gasteiger partial charge is 0.232 e. The molecule has 3 heteroatoms. The maximum atomic E-state index is 13.0. The molecule has 3 aliphatic rings. The normalized spacial score (nSPS) is 42.2. The zero-order valence-corrected chi connectivity index (χ0v) is 12.7. The third-order valence-corrected chi connectivity index (χ3v) is 5.17. The topological polar surface area (TPSA) is 29.5 Å². The first kappa shape index (κ1) is 13.2. The van der Waals surface area contributed by atoms with E-state index in [1.54, 1.807) is 0 Å². The zero-order valence-electron chi connectivity index (χ0n) is 12.7. The summed E-state index contributed by atoms with van der Waals surface area (Å²) in [4.78, 5) is 15.1. The fourth-order valence-electron chi connectivity index (χ4n) is 4.17. The molecule has 0 unspecified atom stereocenters. The van der Waals surface area contributed by atoms with Gasteiger partial charge < -0.3 is 9.64 Å². The van der Waals surface area contributed by atoms with Gasteiger partial charge in [-0.2, -0.15) is 0 Å². The molecule has 3 rings (SSSR count). The number of carbonyl (C=O) groups is 1. The van der Waals surface area contributed by atoms with Crippen molar-refractivity contribution in [1.29, 1.82) is 0 Å². The van der Waals surface area contributed by atoms with Crippen molar-refractivity contribution in [2.75, 3.05) is 6.61 Å². The SMILES string of the molecule is CC1=CC[C@@]2(C1)C[C@@]1(C)OC[C@@H](C(C)(C)C)N1C2=O. The maximum Gasteiger partial charge on any atom is 0.232 e. The monoisotopic (exact) mass is 263 g/mol. The van der Waals surface area contributed by atoms with Gasteiger partial charge in [-0.15, -0.1) is 0 Å². The summed E-state index contributed by atoms with van der Waals surface area (Å²) in [5, 5.41) is 0. The van der Waals surface area contributed by atoms with Crippen LogP contribution in [0.5, 0.6) is 0 Å². The van der Waals surface area contributed by atoms with Crippen molar-refractivity contribution in [3.63, 3.8) is 0 Å². The Morgan fingerprint density at radius 3 is 2.63 bits per heavy atom. The molecule has 0 aromatic rings. The van der Waals surface area contributed by atoms with Crippen molar-refractivity contribution in [3.8, 4) is 0 Å². The first-order chi connectivity index (χ1) is 8.68. The van der Waals surface area contributed by atoms with E-state index < -0.39 is 0 Å². The Balaban J connectivity index is 1.95. The predicted molar refractivity (Wildman–Crippen MR) is 74.5 cm³/mol. The minimum Gasteiger partial charge on any atom is -0.354 e. The van der Waals surface area contributed by atoms with Gasteiger partial charge in [-0.1, -0.05) is 32.4 Å². The molecule has 2 heterocycles. The molecular formula is C16H25NO2. The third-order valence-electron chi connectivity index (χ3n) is 5.17. The largest absolute Gasteiger partial charge is 0.354 e. The van der Waals surface area contributed by atoms with Crippen molar-refractivity contribution < 1.29 is 9.53 Å². The number of ether oxygens (including phenoxy) is 1. The highest BCUT2D eigenvalue weighted by Gasteiger charge is 2.64. The number of nitrogens with zero attached hydrogens (tertiary/aromatic N) is 1. The van der Waals surface area contributed by atoms with E-state index in [1.165, 1.54) is 5.57 Å². The summed E-state index contributed by atoms with van der Waals surface area (Å²) in [5.74, 6) is 0.320. The van der Waals surface area contributed by atoms with E-state index in [-0.39, 0.29) is 22.6 Å². The van der Waals surface area contributed by atoms with Gasteiger partial charge in [0.2, 0.25) is 5.91 Å². The van der Waals surface area contributed by atoms with Crippen LogP contribution >= 0.6 is 0 Å². The third kappa shape index (κ3) is 1.70. The molecule has 106 valence electrons. The van der Waals surface area contributed by atoms with Gasteiger partial charge >= 0.3 is 0 Å². The number of fused-ring (bicyclic) bond motifs is 1. The van der Waals surface area contributed by atoms with Crippen molar-refractivity contribution >= 4 is 5.91 Å². The molecule has 19 heavy (non-hydrogen) atoms. The molecule has 2 saturated heterocycles. The summed E-state index contributed by atoms with van der Waals surface area (Å²) in [6.07, 6.45) is 4.89. The van der Waals surface area contributed by atoms with Gasteiger partial charge in [-0.25, -0.2) is 0 Å². The Labute approximate surface area is 116 Å². The lowest BCUT2D eigenvalue weighted by Gasteiger charge is -2.36. The molecule has 1 amide bonds. The van der Waals surface area contributed by atoms with E-state index in [4.69, 9.17) is 4.74 Å². The van der Waals surface area contributed by atoms with Crippen LogP contribution in [-0.2, 0) is 9.53 Å². The molecule has 0 radical (unpaired) electrons. The van der Waals surface area contributed by atoms with E-state index >= 15 is 0 Å². The first-order valence-corrected chi connectivity index (χ1v) is 7.31. The van der Waals surface area contributed by atoms with Crippen LogP contribution in [0.1, 0.15) is 53.9 Å². The minimum absolute atomic E-state index is 0.0695. The van der Waals surface area contributed by atoms with Gasteiger partial charge in [0.15, 0.2) is 0 Å². The molecular weight excluding hydrogens is 238 g/mol. The van der Waals surface area contributed by atoms with Gasteiger partial charge in [0.25, 0.3) is 0 Å². The highest BCUT2D eigenvalue weighted by molar-refractivity contribution is 5.87. The van der Waals surface area contributed by atoms with Crippen molar-refractivity contribution in [2.45, 2.75) is 65.6 Å². The second-order valence-electron chi connectivity index (χ2n) is 7.93. The Kier molecular flexibility index (Phi) is 2.52. The Bertz CT molecular complexity index is 462. The lowest BCUT2D eigenvalue weighted by atomic mass is 9.80. The van der Waals surface area contributed by atoms with Crippen LogP contribution in [0.2, 0.25) is 0 Å². The molecule has 0 bridgehead atoms. The van der Waals surface area contributed by atoms with Gasteiger partial charge in [-0.3, -0.25) is 4.79 Å². The van der Waals surface area contributed by atoms with E-state index in [9.17, 15) is 4.79 Å². The van der Waals surface area contributed by atoms with Gasteiger partial charge in [-0.05, 0) is 32.1 Å². The second-order valence-corrected chi connectivity index (χ2v) is 7.93. The molecule has 0 N–H and O–H groups in total. The Morgan fingerprint density at radius 1 is 1.42 bits per heavy atom. The molecule has 0 aromatic carbocycles. The molecule has 1 spiro atoms. The molecule has 2 aliphatic heterocycles. The first-order valence-electron chi connectivity index (χ1n) is 7.31. The van der Waals surface area contributed by atoms with E-state index in [1.807, 2.05) is 0 Å². The fraction of sp³-hybridized carbons (Fsp3) is 0.812. The summed E-state index contributed by atoms with van der Waals surface area (Å²) in [5.41, 5.74) is 0.835. The van der Waals surface area contributed by atoms with E-state index in [0.717, 1.165) is 19.3 Å². The average molecular weight is 263 g/mol. The van der Waals surface area contributed by atoms with Crippen LogP contribution in [-0.4, -0.2) is 29.2 Å². The van der Waals surface area contributed by atoms with Crippen molar-refractivity contribution in [3.05, 3.63) is 11.6 Å². The molecule has 3 nitrogen and oxygen atoms in total. The predicted octanol–water partition coefficient (Wildman–Crippen LogP) is 3.11. The van der Waals surface area contributed by atoms with Gasteiger partial charge in [0.05, 0.1) is 18.1 Å². The zero-order chi connectivity index (χ0) is 14.1. The molecule has 0 saturated carbocycles. The molecule has 2 fully saturated rings. The maximum absolute atomic E-state index is 13.0. The molecule has 0 aromatic heterocycles.